The van der Waals surface area contributed by atoms with Crippen LogP contribution in [0.1, 0.15) is 0 Å². The fraction of sp³-hybridized carbons (Fsp3) is 1.00. The number of aliphatic hydroxyl groups is 1. The standard InChI is InChI=1S/C2H7ClO7P2.Na/c3-1-10-12(8,9)2(4)11(5,6)7;/h2,4H,1H2,(H,8,9)(H2,5,6,7);/q;+1/p-1. The molecule has 13 heavy (non-hydrogen) atoms. The minimum Gasteiger partial charge on any atom is -0.776 e. The van der Waals surface area contributed by atoms with Gasteiger partial charge in [0.2, 0.25) is 5.59 Å². The van der Waals surface area contributed by atoms with Crippen LogP contribution in [0.25, 0.3) is 0 Å². The van der Waals surface area contributed by atoms with Gasteiger partial charge in [-0.3, -0.25) is 4.57 Å². The van der Waals surface area contributed by atoms with Gasteiger partial charge in [0.05, 0.1) is 0 Å². The summed E-state index contributed by atoms with van der Waals surface area (Å²) in [5.74, 6) is 0. The van der Waals surface area contributed by atoms with E-state index in [-0.39, 0.29) is 29.6 Å². The van der Waals surface area contributed by atoms with Crippen LogP contribution in [-0.2, 0) is 13.7 Å². The molecule has 0 aromatic carbocycles. The number of hydrogen-bond donors (Lipinski definition) is 3. The van der Waals surface area contributed by atoms with Gasteiger partial charge in [-0.2, -0.15) is 0 Å². The van der Waals surface area contributed by atoms with Crippen LogP contribution in [0.4, 0.5) is 0 Å². The normalized spacial score (nSPS) is 18.5. The van der Waals surface area contributed by atoms with E-state index in [1.54, 1.807) is 0 Å². The molecule has 0 saturated carbocycles. The molecule has 11 heteroatoms. The first-order valence-electron chi connectivity index (χ1n) is 2.46. The van der Waals surface area contributed by atoms with Gasteiger partial charge < -0.3 is 28.9 Å². The van der Waals surface area contributed by atoms with E-state index in [2.05, 4.69) is 4.52 Å². The third-order valence-corrected chi connectivity index (χ3v) is 4.48. The van der Waals surface area contributed by atoms with Gasteiger partial charge in [-0.15, -0.1) is 0 Å². The minimum atomic E-state index is -5.11. The zero-order valence-electron chi connectivity index (χ0n) is 6.53. The summed E-state index contributed by atoms with van der Waals surface area (Å²) in [6.07, 6.45) is 0. The van der Waals surface area contributed by atoms with E-state index in [9.17, 15) is 14.0 Å². The fourth-order valence-electron chi connectivity index (χ4n) is 0.319. The molecule has 0 saturated heterocycles. The molecule has 0 heterocycles. The Morgan fingerprint density at radius 2 is 1.85 bits per heavy atom. The van der Waals surface area contributed by atoms with Crippen LogP contribution < -0.4 is 34.5 Å². The maximum absolute atomic E-state index is 10.6. The molecule has 3 N–H and O–H groups in total. The van der Waals surface area contributed by atoms with E-state index < -0.39 is 26.8 Å². The maximum atomic E-state index is 10.6. The van der Waals surface area contributed by atoms with Gasteiger partial charge in [0, 0.05) is 0 Å². The van der Waals surface area contributed by atoms with Crippen LogP contribution in [0.3, 0.4) is 0 Å². The van der Waals surface area contributed by atoms with Crippen molar-refractivity contribution in [1.82, 2.24) is 0 Å². The molecule has 0 aliphatic rings. The van der Waals surface area contributed by atoms with Gasteiger partial charge in [0.25, 0.3) is 0 Å². The predicted octanol–water partition coefficient (Wildman–Crippen LogP) is -3.79. The third-order valence-electron chi connectivity index (χ3n) is 0.812. The van der Waals surface area contributed by atoms with Crippen molar-refractivity contribution in [2.45, 2.75) is 5.59 Å². The number of hydrogen-bond acceptors (Lipinski definition) is 5. The van der Waals surface area contributed by atoms with Crippen LogP contribution in [0, 0.1) is 0 Å². The summed E-state index contributed by atoms with van der Waals surface area (Å²) in [5, 5.41) is 8.52. The van der Waals surface area contributed by atoms with Gasteiger partial charge >= 0.3 is 37.2 Å². The Balaban J connectivity index is 0. The molecule has 0 amide bonds. The minimum absolute atomic E-state index is 0. The zero-order chi connectivity index (χ0) is 9.99. The molecule has 2 unspecified atom stereocenters. The largest absolute Gasteiger partial charge is 1.00 e. The number of aliphatic hydroxyl groups excluding tert-OH is 1. The molecule has 0 fully saturated rings. The van der Waals surface area contributed by atoms with Gasteiger partial charge in [-0.1, -0.05) is 11.6 Å². The van der Waals surface area contributed by atoms with E-state index in [4.69, 9.17) is 26.5 Å². The summed E-state index contributed by atoms with van der Waals surface area (Å²) in [4.78, 5) is 27.0. The topological polar surface area (TPSA) is 127 Å². The van der Waals surface area contributed by atoms with Crippen LogP contribution in [-0.4, -0.2) is 26.5 Å². The summed E-state index contributed by atoms with van der Waals surface area (Å²) >= 11 is 4.82. The summed E-state index contributed by atoms with van der Waals surface area (Å²) < 4.78 is 24.5. The van der Waals surface area contributed by atoms with Crippen molar-refractivity contribution in [2.75, 3.05) is 6.07 Å². The summed E-state index contributed by atoms with van der Waals surface area (Å²) in [6, 6.07) is -0.808. The molecule has 0 rings (SSSR count). The monoisotopic (exact) mass is 262 g/mol. The molecule has 74 valence electrons. The fourth-order valence-corrected chi connectivity index (χ4v) is 2.67. The Hall–Kier alpha value is 1.55. The zero-order valence-corrected chi connectivity index (χ0v) is 11.1. The smallest absolute Gasteiger partial charge is 0.776 e. The third kappa shape index (κ3) is 5.87. The first-order chi connectivity index (χ1) is 5.22. The van der Waals surface area contributed by atoms with Gasteiger partial charge in [0.15, 0.2) is 7.60 Å². The number of alkyl halides is 1. The first kappa shape index (κ1) is 17.0. The van der Waals surface area contributed by atoms with Crippen molar-refractivity contribution in [3.8, 4) is 0 Å². The molecular weight excluding hydrogens is 256 g/mol. The Kier molecular flexibility index (Phi) is 8.09. The van der Waals surface area contributed by atoms with Crippen molar-refractivity contribution >= 4 is 26.8 Å². The molecule has 0 bridgehead atoms. The van der Waals surface area contributed by atoms with Gasteiger partial charge in [-0.25, -0.2) is 0 Å². The Morgan fingerprint density at radius 3 is 2.08 bits per heavy atom. The molecule has 0 radical (unpaired) electrons. The Bertz CT molecular complexity index is 239. The van der Waals surface area contributed by atoms with Gasteiger partial charge in [-0.05, 0) is 0 Å². The molecule has 0 aliphatic heterocycles. The number of halogens is 1. The van der Waals surface area contributed by atoms with E-state index >= 15 is 0 Å². The van der Waals surface area contributed by atoms with Crippen molar-refractivity contribution < 1.29 is 63.0 Å². The summed E-state index contributed by atoms with van der Waals surface area (Å²) in [6.45, 7) is 0. The average molecular weight is 262 g/mol. The number of rotatable bonds is 4. The van der Waals surface area contributed by atoms with Crippen LogP contribution in [0.5, 0.6) is 0 Å². The summed E-state index contributed by atoms with van der Waals surface area (Å²) in [5.41, 5.74) is -2.86. The van der Waals surface area contributed by atoms with Gasteiger partial charge in [0.1, 0.15) is 6.07 Å². The molecular formula is C2H6ClNaO7P2. The molecule has 0 aliphatic carbocycles. The maximum Gasteiger partial charge on any atom is 1.00 e. The van der Waals surface area contributed by atoms with E-state index in [1.165, 1.54) is 0 Å². The van der Waals surface area contributed by atoms with Crippen LogP contribution in [0.2, 0.25) is 0 Å². The molecule has 0 spiro atoms. The second-order valence-corrected chi connectivity index (χ2v) is 5.83. The van der Waals surface area contributed by atoms with Crippen LogP contribution >= 0.6 is 26.8 Å². The Labute approximate surface area is 101 Å². The molecule has 0 aromatic heterocycles. The SMILES string of the molecule is O=P(O)(O)C(O)P(=O)([O-])OCCl.[Na+]. The second kappa shape index (κ2) is 6.20. The predicted molar refractivity (Wildman–Crippen MR) is 37.5 cm³/mol. The van der Waals surface area contributed by atoms with Crippen LogP contribution in [0.15, 0.2) is 0 Å². The second-order valence-electron chi connectivity index (χ2n) is 1.71. The summed E-state index contributed by atoms with van der Waals surface area (Å²) in [7, 11) is -10.1. The van der Waals surface area contributed by atoms with E-state index in [0.717, 1.165) is 0 Å². The average Bonchev–Trinajstić information content (AvgIpc) is 1.84. The van der Waals surface area contributed by atoms with Crippen molar-refractivity contribution in [3.05, 3.63) is 0 Å². The molecule has 7 nitrogen and oxygen atoms in total. The van der Waals surface area contributed by atoms with Crippen molar-refractivity contribution in [1.29, 1.82) is 0 Å². The van der Waals surface area contributed by atoms with Crippen molar-refractivity contribution in [3.63, 3.8) is 0 Å². The molecule has 0 aromatic rings. The Morgan fingerprint density at radius 1 is 1.46 bits per heavy atom. The van der Waals surface area contributed by atoms with E-state index in [1.807, 2.05) is 0 Å². The first-order valence-corrected chi connectivity index (χ1v) is 6.29. The molecule has 2 atom stereocenters. The quantitative estimate of drug-likeness (QED) is 0.269. The van der Waals surface area contributed by atoms with Crippen molar-refractivity contribution in [2.24, 2.45) is 0 Å². The van der Waals surface area contributed by atoms with E-state index in [0.29, 0.717) is 0 Å².